The van der Waals surface area contributed by atoms with Gasteiger partial charge < -0.3 is 10.2 Å². The van der Waals surface area contributed by atoms with Gasteiger partial charge in [0.1, 0.15) is 5.82 Å². The quantitative estimate of drug-likeness (QED) is 0.753. The van der Waals surface area contributed by atoms with Crippen LogP contribution in [0.25, 0.3) is 0 Å². The minimum atomic E-state index is 0.419. The van der Waals surface area contributed by atoms with Gasteiger partial charge in [-0.2, -0.15) is 4.98 Å². The highest BCUT2D eigenvalue weighted by Crippen LogP contribution is 2.31. The van der Waals surface area contributed by atoms with Crippen molar-refractivity contribution in [3.8, 4) is 0 Å². The van der Waals surface area contributed by atoms with Crippen molar-refractivity contribution >= 4 is 11.8 Å². The van der Waals surface area contributed by atoms with Gasteiger partial charge in [0.05, 0.1) is 5.69 Å². The molecule has 1 N–H and O–H groups in total. The minimum Gasteiger partial charge on any atom is -0.356 e. The molecule has 2 saturated heterocycles. The fraction of sp³-hybridized carbons (Fsp3) is 0.615. The summed E-state index contributed by atoms with van der Waals surface area (Å²) in [4.78, 5) is 15.3. The standard InChI is InChI=1S/C26H37N5/c1-2-8-18-31(17-7-1)25-23-14-10-15-24(23)28-26(29-25)27-22-13-6-9-16-30(20-22)19-21-11-4-3-5-12-21/h3-5,11-12,22H,1-2,6-10,13-20H2,(H,27,28,29)/t22-/m1/s1. The van der Waals surface area contributed by atoms with E-state index in [2.05, 4.69) is 45.4 Å². The SMILES string of the molecule is c1ccc(CN2CCCC[C@@H](Nc3nc4c(c(N5CCCCCC5)n3)CCC4)C2)cc1. The summed E-state index contributed by atoms with van der Waals surface area (Å²) < 4.78 is 0. The fourth-order valence-corrected chi connectivity index (χ4v) is 5.53. The van der Waals surface area contributed by atoms with Crippen molar-refractivity contribution in [1.29, 1.82) is 0 Å². The normalized spacial score (nSPS) is 22.6. The molecule has 3 heterocycles. The second-order valence-electron chi connectivity index (χ2n) is 9.61. The van der Waals surface area contributed by atoms with E-state index < -0.39 is 0 Å². The summed E-state index contributed by atoms with van der Waals surface area (Å²) in [5.74, 6) is 2.10. The van der Waals surface area contributed by atoms with Crippen LogP contribution < -0.4 is 10.2 Å². The van der Waals surface area contributed by atoms with Crippen LogP contribution in [-0.2, 0) is 19.4 Å². The van der Waals surface area contributed by atoms with E-state index in [1.165, 1.54) is 80.6 Å². The molecule has 0 bridgehead atoms. The van der Waals surface area contributed by atoms with Crippen molar-refractivity contribution in [3.63, 3.8) is 0 Å². The maximum atomic E-state index is 5.13. The summed E-state index contributed by atoms with van der Waals surface area (Å²) in [6.07, 6.45) is 12.5. The fourth-order valence-electron chi connectivity index (χ4n) is 5.53. The predicted octanol–water partition coefficient (Wildman–Crippen LogP) is 4.81. The molecule has 2 fully saturated rings. The van der Waals surface area contributed by atoms with Gasteiger partial charge in [-0.25, -0.2) is 4.98 Å². The van der Waals surface area contributed by atoms with Crippen LogP contribution in [0, 0.1) is 0 Å². The summed E-state index contributed by atoms with van der Waals surface area (Å²) in [6, 6.07) is 11.3. The van der Waals surface area contributed by atoms with Crippen molar-refractivity contribution < 1.29 is 0 Å². The average Bonchev–Trinajstić information content (AvgIpc) is 2.97. The lowest BCUT2D eigenvalue weighted by atomic mass is 10.1. The molecule has 0 unspecified atom stereocenters. The highest BCUT2D eigenvalue weighted by molar-refractivity contribution is 5.54. The molecular weight excluding hydrogens is 382 g/mol. The molecule has 0 amide bonds. The van der Waals surface area contributed by atoms with E-state index in [9.17, 15) is 0 Å². The van der Waals surface area contributed by atoms with Gasteiger partial charge in [0, 0.05) is 37.8 Å². The van der Waals surface area contributed by atoms with Gasteiger partial charge in [0.15, 0.2) is 0 Å². The van der Waals surface area contributed by atoms with E-state index in [0.29, 0.717) is 6.04 Å². The number of anilines is 2. The van der Waals surface area contributed by atoms with Crippen LogP contribution in [0.3, 0.4) is 0 Å². The Hall–Kier alpha value is -2.14. The summed E-state index contributed by atoms with van der Waals surface area (Å²) in [5.41, 5.74) is 4.13. The topological polar surface area (TPSA) is 44.3 Å². The van der Waals surface area contributed by atoms with Gasteiger partial charge in [-0.15, -0.1) is 0 Å². The Morgan fingerprint density at radius 2 is 1.65 bits per heavy atom. The largest absolute Gasteiger partial charge is 0.356 e. The Labute approximate surface area is 187 Å². The smallest absolute Gasteiger partial charge is 0.225 e. The van der Waals surface area contributed by atoms with Gasteiger partial charge in [-0.3, -0.25) is 4.90 Å². The third kappa shape index (κ3) is 5.20. The molecule has 1 aromatic carbocycles. The van der Waals surface area contributed by atoms with Crippen molar-refractivity contribution in [2.24, 2.45) is 0 Å². The second-order valence-corrected chi connectivity index (χ2v) is 9.61. The Balaban J connectivity index is 1.32. The lowest BCUT2D eigenvalue weighted by molar-refractivity contribution is 0.269. The molecular formula is C26H37N5. The van der Waals surface area contributed by atoms with E-state index in [1.807, 2.05) is 0 Å². The van der Waals surface area contributed by atoms with Crippen LogP contribution in [0.2, 0.25) is 0 Å². The molecule has 3 aliphatic rings. The zero-order valence-corrected chi connectivity index (χ0v) is 18.9. The first-order valence-electron chi connectivity index (χ1n) is 12.5. The number of aromatic nitrogens is 2. The minimum absolute atomic E-state index is 0.419. The molecule has 5 rings (SSSR count). The predicted molar refractivity (Wildman–Crippen MR) is 128 cm³/mol. The van der Waals surface area contributed by atoms with Crippen molar-refractivity contribution in [3.05, 3.63) is 47.2 Å². The maximum absolute atomic E-state index is 5.13. The average molecular weight is 420 g/mol. The molecule has 0 spiro atoms. The number of aryl methyl sites for hydroxylation is 1. The van der Waals surface area contributed by atoms with E-state index in [0.717, 1.165) is 45.0 Å². The summed E-state index contributed by atoms with van der Waals surface area (Å²) >= 11 is 0. The Morgan fingerprint density at radius 1 is 0.839 bits per heavy atom. The zero-order chi connectivity index (χ0) is 20.9. The highest BCUT2D eigenvalue weighted by Gasteiger charge is 2.25. The molecule has 1 aliphatic carbocycles. The first kappa shape index (κ1) is 20.7. The molecule has 0 radical (unpaired) electrons. The second kappa shape index (κ2) is 9.99. The highest BCUT2D eigenvalue weighted by atomic mass is 15.2. The van der Waals surface area contributed by atoms with Crippen LogP contribution in [0.1, 0.15) is 68.2 Å². The number of fused-ring (bicyclic) bond motifs is 1. The van der Waals surface area contributed by atoms with Gasteiger partial charge in [-0.1, -0.05) is 49.6 Å². The Bertz CT molecular complexity index is 844. The van der Waals surface area contributed by atoms with Crippen LogP contribution in [-0.4, -0.2) is 47.1 Å². The maximum Gasteiger partial charge on any atom is 0.225 e. The number of nitrogens with one attached hydrogen (secondary N) is 1. The van der Waals surface area contributed by atoms with Gasteiger partial charge in [-0.05, 0) is 57.1 Å². The number of rotatable bonds is 5. The number of hydrogen-bond acceptors (Lipinski definition) is 5. The lowest BCUT2D eigenvalue weighted by Gasteiger charge is -2.27. The van der Waals surface area contributed by atoms with E-state index in [1.54, 1.807) is 0 Å². The van der Waals surface area contributed by atoms with E-state index >= 15 is 0 Å². The molecule has 1 atom stereocenters. The van der Waals surface area contributed by atoms with Crippen molar-refractivity contribution in [1.82, 2.24) is 14.9 Å². The van der Waals surface area contributed by atoms with Crippen molar-refractivity contribution in [2.45, 2.75) is 76.8 Å². The Morgan fingerprint density at radius 3 is 2.48 bits per heavy atom. The number of nitrogens with zero attached hydrogens (tertiary/aromatic N) is 4. The van der Waals surface area contributed by atoms with E-state index in [-0.39, 0.29) is 0 Å². The lowest BCUT2D eigenvalue weighted by Crippen LogP contribution is -2.35. The number of hydrogen-bond donors (Lipinski definition) is 1. The van der Waals surface area contributed by atoms with Gasteiger partial charge in [0.25, 0.3) is 0 Å². The summed E-state index contributed by atoms with van der Waals surface area (Å²) in [6.45, 7) is 5.57. The molecule has 0 saturated carbocycles. The van der Waals surface area contributed by atoms with Crippen LogP contribution in [0.15, 0.2) is 30.3 Å². The zero-order valence-electron chi connectivity index (χ0n) is 18.9. The number of benzene rings is 1. The van der Waals surface area contributed by atoms with E-state index in [4.69, 9.17) is 9.97 Å². The summed E-state index contributed by atoms with van der Waals surface area (Å²) in [5, 5.41) is 3.77. The third-order valence-electron chi connectivity index (χ3n) is 7.15. The molecule has 5 heteroatoms. The molecule has 2 aliphatic heterocycles. The monoisotopic (exact) mass is 419 g/mol. The molecule has 1 aromatic heterocycles. The van der Waals surface area contributed by atoms with Crippen LogP contribution in [0.4, 0.5) is 11.8 Å². The van der Waals surface area contributed by atoms with Crippen molar-refractivity contribution in [2.75, 3.05) is 36.4 Å². The summed E-state index contributed by atoms with van der Waals surface area (Å²) in [7, 11) is 0. The third-order valence-corrected chi connectivity index (χ3v) is 7.15. The van der Waals surface area contributed by atoms with Gasteiger partial charge >= 0.3 is 0 Å². The first-order valence-corrected chi connectivity index (χ1v) is 12.5. The van der Waals surface area contributed by atoms with Crippen LogP contribution >= 0.6 is 0 Å². The van der Waals surface area contributed by atoms with Crippen LogP contribution in [0.5, 0.6) is 0 Å². The van der Waals surface area contributed by atoms with Gasteiger partial charge in [0.2, 0.25) is 5.95 Å². The molecule has 166 valence electrons. The molecule has 5 nitrogen and oxygen atoms in total. The molecule has 2 aromatic rings. The molecule has 31 heavy (non-hydrogen) atoms. The number of likely N-dealkylation sites (tertiary alicyclic amines) is 1. The first-order chi connectivity index (χ1) is 15.3. The Kier molecular flexibility index (Phi) is 6.68.